The number of aryl methyl sites for hydroxylation is 1. The molecule has 0 aliphatic carbocycles. The second-order valence-corrected chi connectivity index (χ2v) is 4.59. The number of ketones is 1. The van der Waals surface area contributed by atoms with Crippen LogP contribution in [-0.2, 0) is 0 Å². The average Bonchev–Trinajstić information content (AvgIpc) is 2.38. The zero-order chi connectivity index (χ0) is 14.7. The van der Waals surface area contributed by atoms with Crippen molar-refractivity contribution in [2.45, 2.75) is 13.8 Å². The molecule has 100 valence electrons. The summed E-state index contributed by atoms with van der Waals surface area (Å²) < 4.78 is 0. The van der Waals surface area contributed by atoms with Crippen LogP contribution in [0.1, 0.15) is 28.4 Å². The third-order valence-corrected chi connectivity index (χ3v) is 3.09. The van der Waals surface area contributed by atoms with E-state index in [4.69, 9.17) is 5.73 Å². The number of hydrogen-bond acceptors (Lipinski definition) is 4. The number of hydrogen-bond donors (Lipinski definition) is 2. The maximum absolute atomic E-state index is 11.3. The molecule has 0 unspecified atom stereocenters. The van der Waals surface area contributed by atoms with Crippen LogP contribution < -0.4 is 11.1 Å². The van der Waals surface area contributed by atoms with Crippen LogP contribution in [0, 0.1) is 18.3 Å². The van der Waals surface area contributed by atoms with Gasteiger partial charge in [-0.3, -0.25) is 4.79 Å². The van der Waals surface area contributed by atoms with Gasteiger partial charge in [0.05, 0.1) is 11.3 Å². The molecule has 0 radical (unpaired) electrons. The van der Waals surface area contributed by atoms with Crippen molar-refractivity contribution < 1.29 is 4.79 Å². The molecule has 0 aromatic heterocycles. The highest BCUT2D eigenvalue weighted by Gasteiger charge is 2.08. The van der Waals surface area contributed by atoms with E-state index in [1.807, 2.05) is 25.1 Å². The molecule has 0 spiro atoms. The van der Waals surface area contributed by atoms with Crippen molar-refractivity contribution in [3.8, 4) is 6.07 Å². The highest BCUT2D eigenvalue weighted by molar-refractivity contribution is 5.99. The number of nitrogen functional groups attached to an aromatic ring is 1. The Morgan fingerprint density at radius 2 is 2.05 bits per heavy atom. The summed E-state index contributed by atoms with van der Waals surface area (Å²) in [5.74, 6) is -0.0673. The number of rotatable bonds is 3. The Kier molecular flexibility index (Phi) is 3.72. The van der Waals surface area contributed by atoms with Gasteiger partial charge in [0.2, 0.25) is 0 Å². The molecule has 0 bridgehead atoms. The summed E-state index contributed by atoms with van der Waals surface area (Å²) in [6.07, 6.45) is 0. The number of carbonyl (C=O) groups excluding carboxylic acids is 1. The summed E-state index contributed by atoms with van der Waals surface area (Å²) in [6, 6.07) is 12.9. The highest BCUT2D eigenvalue weighted by Crippen LogP contribution is 2.25. The second kappa shape index (κ2) is 5.45. The van der Waals surface area contributed by atoms with Gasteiger partial charge in [0.1, 0.15) is 6.07 Å². The predicted molar refractivity (Wildman–Crippen MR) is 80.0 cm³/mol. The number of nitrogens with one attached hydrogen (secondary N) is 1. The Morgan fingerprint density at radius 1 is 1.30 bits per heavy atom. The fraction of sp³-hybridized carbons (Fsp3) is 0.125. The molecule has 20 heavy (non-hydrogen) atoms. The van der Waals surface area contributed by atoms with Crippen molar-refractivity contribution in [2.75, 3.05) is 11.1 Å². The van der Waals surface area contributed by atoms with Gasteiger partial charge in [0, 0.05) is 16.9 Å². The molecule has 0 fully saturated rings. The first kappa shape index (κ1) is 13.6. The molecule has 2 aromatic rings. The Morgan fingerprint density at radius 3 is 2.65 bits per heavy atom. The van der Waals surface area contributed by atoms with Gasteiger partial charge in [-0.15, -0.1) is 0 Å². The minimum Gasteiger partial charge on any atom is -0.398 e. The molecule has 4 heteroatoms. The van der Waals surface area contributed by atoms with Crippen molar-refractivity contribution in [2.24, 2.45) is 0 Å². The summed E-state index contributed by atoms with van der Waals surface area (Å²) in [6.45, 7) is 3.37. The Balaban J connectivity index is 2.37. The van der Waals surface area contributed by atoms with Crippen molar-refractivity contribution in [1.29, 1.82) is 5.26 Å². The first-order valence-electron chi connectivity index (χ1n) is 6.20. The van der Waals surface area contributed by atoms with Gasteiger partial charge in [0.25, 0.3) is 0 Å². The van der Waals surface area contributed by atoms with Gasteiger partial charge in [-0.1, -0.05) is 12.1 Å². The van der Waals surface area contributed by atoms with Crippen LogP contribution >= 0.6 is 0 Å². The maximum atomic E-state index is 11.3. The molecule has 0 aliphatic heterocycles. The fourth-order valence-electron chi connectivity index (χ4n) is 2.04. The van der Waals surface area contributed by atoms with Crippen LogP contribution in [0.25, 0.3) is 0 Å². The number of anilines is 3. The molecule has 3 N–H and O–H groups in total. The van der Waals surface area contributed by atoms with Gasteiger partial charge >= 0.3 is 0 Å². The maximum Gasteiger partial charge on any atom is 0.161 e. The summed E-state index contributed by atoms with van der Waals surface area (Å²) >= 11 is 0. The van der Waals surface area contributed by atoms with Crippen LogP contribution in [0.5, 0.6) is 0 Å². The van der Waals surface area contributed by atoms with Crippen molar-refractivity contribution in [1.82, 2.24) is 0 Å². The minimum atomic E-state index is -0.0673. The minimum absolute atomic E-state index is 0.0673. The number of benzene rings is 2. The van der Waals surface area contributed by atoms with E-state index in [1.165, 1.54) is 6.92 Å². The lowest BCUT2D eigenvalue weighted by molar-refractivity contribution is 0.101. The summed E-state index contributed by atoms with van der Waals surface area (Å²) in [7, 11) is 0. The molecule has 0 amide bonds. The Bertz CT molecular complexity index is 714. The van der Waals surface area contributed by atoms with Crippen molar-refractivity contribution in [3.05, 3.63) is 53.1 Å². The van der Waals surface area contributed by atoms with Gasteiger partial charge in [-0.05, 0) is 43.7 Å². The topological polar surface area (TPSA) is 78.9 Å². The molecular weight excluding hydrogens is 250 g/mol. The SMILES string of the molecule is CC(=O)c1ccc(Nc2cccc(C)c2C#N)cc1N. The van der Waals surface area contributed by atoms with E-state index in [9.17, 15) is 10.1 Å². The molecule has 0 aliphatic rings. The molecule has 0 saturated heterocycles. The average molecular weight is 265 g/mol. The third kappa shape index (κ3) is 2.62. The number of nitriles is 1. The molecular formula is C16H15N3O. The lowest BCUT2D eigenvalue weighted by Crippen LogP contribution is -2.01. The molecule has 4 nitrogen and oxygen atoms in total. The van der Waals surface area contributed by atoms with E-state index in [2.05, 4.69) is 11.4 Å². The largest absolute Gasteiger partial charge is 0.398 e. The quantitative estimate of drug-likeness (QED) is 0.658. The highest BCUT2D eigenvalue weighted by atomic mass is 16.1. The van der Waals surface area contributed by atoms with Crippen LogP contribution in [-0.4, -0.2) is 5.78 Å². The predicted octanol–water partition coefficient (Wildman–Crippen LogP) is 3.40. The third-order valence-electron chi connectivity index (χ3n) is 3.09. The van der Waals surface area contributed by atoms with Crippen molar-refractivity contribution >= 4 is 22.8 Å². The first-order chi connectivity index (χ1) is 9.52. The smallest absolute Gasteiger partial charge is 0.161 e. The molecule has 0 atom stereocenters. The van der Waals surface area contributed by atoms with E-state index < -0.39 is 0 Å². The summed E-state index contributed by atoms with van der Waals surface area (Å²) in [4.78, 5) is 11.3. The van der Waals surface area contributed by atoms with Crippen LogP contribution in [0.3, 0.4) is 0 Å². The Hall–Kier alpha value is -2.80. The fourth-order valence-corrected chi connectivity index (χ4v) is 2.04. The summed E-state index contributed by atoms with van der Waals surface area (Å²) in [5.41, 5.74) is 9.75. The number of nitrogens with zero attached hydrogens (tertiary/aromatic N) is 1. The van der Waals surface area contributed by atoms with E-state index in [0.29, 0.717) is 16.8 Å². The summed E-state index contributed by atoms with van der Waals surface area (Å²) in [5, 5.41) is 12.3. The zero-order valence-electron chi connectivity index (χ0n) is 11.4. The Labute approximate surface area is 117 Å². The normalized spacial score (nSPS) is 9.85. The van der Waals surface area contributed by atoms with Crippen LogP contribution in [0.4, 0.5) is 17.1 Å². The molecule has 0 heterocycles. The van der Waals surface area contributed by atoms with E-state index in [0.717, 1.165) is 16.9 Å². The van der Waals surface area contributed by atoms with Crippen LogP contribution in [0.15, 0.2) is 36.4 Å². The van der Waals surface area contributed by atoms with Crippen LogP contribution in [0.2, 0.25) is 0 Å². The standard InChI is InChI=1S/C16H15N3O/c1-10-4-3-5-16(14(10)9-17)19-12-6-7-13(11(2)20)15(18)8-12/h3-8,19H,18H2,1-2H3. The van der Waals surface area contributed by atoms with Gasteiger partial charge in [-0.2, -0.15) is 5.26 Å². The lowest BCUT2D eigenvalue weighted by atomic mass is 10.1. The van der Waals surface area contributed by atoms with Crippen molar-refractivity contribution in [3.63, 3.8) is 0 Å². The number of Topliss-reactive ketones (excluding diaryl/α,β-unsaturated/α-hetero) is 1. The first-order valence-corrected chi connectivity index (χ1v) is 6.20. The number of carbonyl (C=O) groups is 1. The van der Waals surface area contributed by atoms with E-state index in [1.54, 1.807) is 18.2 Å². The second-order valence-electron chi connectivity index (χ2n) is 4.59. The molecule has 2 aromatic carbocycles. The number of nitrogens with two attached hydrogens (primary N) is 1. The monoisotopic (exact) mass is 265 g/mol. The van der Waals surface area contributed by atoms with E-state index >= 15 is 0 Å². The zero-order valence-corrected chi connectivity index (χ0v) is 11.4. The lowest BCUT2D eigenvalue weighted by Gasteiger charge is -2.11. The van der Waals surface area contributed by atoms with E-state index in [-0.39, 0.29) is 5.78 Å². The molecule has 0 saturated carbocycles. The van der Waals surface area contributed by atoms with Gasteiger partial charge in [0.15, 0.2) is 5.78 Å². The van der Waals surface area contributed by atoms with Gasteiger partial charge < -0.3 is 11.1 Å². The molecule has 2 rings (SSSR count). The van der Waals surface area contributed by atoms with Gasteiger partial charge in [-0.25, -0.2) is 0 Å².